The molecule has 1 aromatic carbocycles. The maximum absolute atomic E-state index is 11.8. The Balaban J connectivity index is 2.05. The van der Waals surface area contributed by atoms with Crippen molar-refractivity contribution in [2.24, 2.45) is 0 Å². The lowest BCUT2D eigenvalue weighted by Crippen LogP contribution is -2.38. The zero-order chi connectivity index (χ0) is 13.3. The van der Waals surface area contributed by atoms with Crippen molar-refractivity contribution in [3.63, 3.8) is 0 Å². The fourth-order valence-electron chi connectivity index (χ4n) is 1.52. The molecule has 1 fully saturated rings. The molecule has 0 radical (unpaired) electrons. The van der Waals surface area contributed by atoms with Crippen LogP contribution in [-0.4, -0.2) is 18.0 Å². The summed E-state index contributed by atoms with van der Waals surface area (Å²) in [5, 5.41) is 7.18. The first kappa shape index (κ1) is 13.8. The lowest BCUT2D eigenvalue weighted by Gasteiger charge is -2.17. The summed E-state index contributed by atoms with van der Waals surface area (Å²) in [7, 11) is 0. The van der Waals surface area contributed by atoms with E-state index in [0.717, 1.165) is 12.8 Å². The zero-order valence-electron chi connectivity index (χ0n) is 9.77. The minimum Gasteiger partial charge on any atom is -0.371 e. The molecule has 1 aromatic rings. The third kappa shape index (κ3) is 3.44. The highest BCUT2D eigenvalue weighted by atomic mass is 35.5. The van der Waals surface area contributed by atoms with Gasteiger partial charge in [0, 0.05) is 11.1 Å². The van der Waals surface area contributed by atoms with Crippen LogP contribution < -0.4 is 10.6 Å². The van der Waals surface area contributed by atoms with E-state index in [1.54, 1.807) is 19.1 Å². The summed E-state index contributed by atoms with van der Waals surface area (Å²) < 4.78 is 0. The van der Waals surface area contributed by atoms with Crippen LogP contribution in [0.1, 0.15) is 19.8 Å². The molecule has 2 N–H and O–H groups in total. The van der Waals surface area contributed by atoms with Crippen LogP contribution >= 0.6 is 34.8 Å². The molecule has 98 valence electrons. The van der Waals surface area contributed by atoms with Gasteiger partial charge in [-0.05, 0) is 31.9 Å². The summed E-state index contributed by atoms with van der Waals surface area (Å²) in [5.41, 5.74) is 0.529. The Morgan fingerprint density at radius 1 is 1.28 bits per heavy atom. The summed E-state index contributed by atoms with van der Waals surface area (Å²) in [6, 6.07) is 3.10. The second-order valence-electron chi connectivity index (χ2n) is 4.39. The molecule has 1 atom stereocenters. The van der Waals surface area contributed by atoms with Gasteiger partial charge in [-0.1, -0.05) is 34.8 Å². The molecular formula is C12H13Cl3N2O. The molecule has 0 saturated heterocycles. The minimum atomic E-state index is -0.401. The highest BCUT2D eigenvalue weighted by Crippen LogP contribution is 2.34. The lowest BCUT2D eigenvalue weighted by molar-refractivity contribution is -0.121. The molecule has 18 heavy (non-hydrogen) atoms. The van der Waals surface area contributed by atoms with Gasteiger partial charge in [-0.2, -0.15) is 0 Å². The largest absolute Gasteiger partial charge is 0.371 e. The van der Waals surface area contributed by atoms with Gasteiger partial charge in [-0.3, -0.25) is 4.79 Å². The Bertz CT molecular complexity index is 451. The van der Waals surface area contributed by atoms with Gasteiger partial charge < -0.3 is 10.6 Å². The summed E-state index contributed by atoms with van der Waals surface area (Å²) in [5.74, 6) is -0.0559. The summed E-state index contributed by atoms with van der Waals surface area (Å²) in [6.45, 7) is 1.76. The van der Waals surface area contributed by atoms with Gasteiger partial charge in [-0.25, -0.2) is 0 Å². The predicted molar refractivity (Wildman–Crippen MR) is 75.7 cm³/mol. The smallest absolute Gasteiger partial charge is 0.242 e. The van der Waals surface area contributed by atoms with Crippen molar-refractivity contribution in [2.45, 2.75) is 31.8 Å². The third-order valence-corrected chi connectivity index (χ3v) is 3.50. The van der Waals surface area contributed by atoms with E-state index < -0.39 is 6.04 Å². The molecule has 1 aliphatic carbocycles. The van der Waals surface area contributed by atoms with Crippen LogP contribution in [0.2, 0.25) is 15.1 Å². The summed E-state index contributed by atoms with van der Waals surface area (Å²) >= 11 is 17.9. The van der Waals surface area contributed by atoms with E-state index in [0.29, 0.717) is 26.8 Å². The van der Waals surface area contributed by atoms with Crippen molar-refractivity contribution >= 4 is 46.4 Å². The van der Waals surface area contributed by atoms with Crippen LogP contribution in [-0.2, 0) is 4.79 Å². The van der Waals surface area contributed by atoms with Crippen molar-refractivity contribution in [2.75, 3.05) is 5.32 Å². The highest BCUT2D eigenvalue weighted by Gasteiger charge is 2.26. The monoisotopic (exact) mass is 306 g/mol. The first-order chi connectivity index (χ1) is 8.47. The van der Waals surface area contributed by atoms with Gasteiger partial charge in [0.25, 0.3) is 0 Å². The van der Waals surface area contributed by atoms with Gasteiger partial charge in [-0.15, -0.1) is 0 Å². The van der Waals surface area contributed by atoms with Crippen molar-refractivity contribution in [1.29, 1.82) is 0 Å². The van der Waals surface area contributed by atoms with Crippen LogP contribution in [0.5, 0.6) is 0 Å². The number of rotatable bonds is 4. The van der Waals surface area contributed by atoms with Crippen LogP contribution in [0.25, 0.3) is 0 Å². The molecule has 1 unspecified atom stereocenters. The molecule has 0 aliphatic heterocycles. The van der Waals surface area contributed by atoms with Crippen LogP contribution in [0.15, 0.2) is 12.1 Å². The number of amides is 1. The van der Waals surface area contributed by atoms with E-state index in [9.17, 15) is 4.79 Å². The fourth-order valence-corrected chi connectivity index (χ4v) is 2.44. The van der Waals surface area contributed by atoms with Crippen molar-refractivity contribution in [3.05, 3.63) is 27.2 Å². The number of carbonyl (C=O) groups excluding carboxylic acids is 1. The van der Waals surface area contributed by atoms with E-state index in [2.05, 4.69) is 10.6 Å². The summed E-state index contributed by atoms with van der Waals surface area (Å²) in [4.78, 5) is 11.8. The van der Waals surface area contributed by atoms with Crippen molar-refractivity contribution < 1.29 is 4.79 Å². The van der Waals surface area contributed by atoms with Crippen LogP contribution in [0.3, 0.4) is 0 Å². The van der Waals surface area contributed by atoms with E-state index in [1.165, 1.54) is 0 Å². The van der Waals surface area contributed by atoms with E-state index in [1.807, 2.05) is 0 Å². The normalized spacial score (nSPS) is 16.2. The Kier molecular flexibility index (Phi) is 4.25. The molecule has 6 heteroatoms. The third-order valence-electron chi connectivity index (χ3n) is 2.68. The SMILES string of the molecule is CC(Nc1c(Cl)cc(Cl)cc1Cl)C(=O)NC1CC1. The maximum atomic E-state index is 11.8. The fraction of sp³-hybridized carbons (Fsp3) is 0.417. The Morgan fingerprint density at radius 2 is 1.83 bits per heavy atom. The second-order valence-corrected chi connectivity index (χ2v) is 5.64. The van der Waals surface area contributed by atoms with Gasteiger partial charge in [0.15, 0.2) is 0 Å². The van der Waals surface area contributed by atoms with Crippen molar-refractivity contribution in [3.8, 4) is 0 Å². The molecule has 1 amide bonds. The molecular weight excluding hydrogens is 295 g/mol. The van der Waals surface area contributed by atoms with E-state index >= 15 is 0 Å². The number of benzene rings is 1. The van der Waals surface area contributed by atoms with Gasteiger partial charge in [0.2, 0.25) is 5.91 Å². The number of halogens is 3. The van der Waals surface area contributed by atoms with Crippen LogP contribution in [0.4, 0.5) is 5.69 Å². The minimum absolute atomic E-state index is 0.0559. The second kappa shape index (κ2) is 5.55. The number of nitrogens with one attached hydrogen (secondary N) is 2. The highest BCUT2D eigenvalue weighted by molar-refractivity contribution is 6.41. The molecule has 0 spiro atoms. The first-order valence-electron chi connectivity index (χ1n) is 5.69. The quantitative estimate of drug-likeness (QED) is 0.890. The molecule has 3 nitrogen and oxygen atoms in total. The Hall–Kier alpha value is -0.640. The van der Waals surface area contributed by atoms with Gasteiger partial charge in [0.1, 0.15) is 6.04 Å². The Morgan fingerprint density at radius 3 is 2.33 bits per heavy atom. The molecule has 1 saturated carbocycles. The predicted octanol–water partition coefficient (Wildman–Crippen LogP) is 3.73. The molecule has 0 aromatic heterocycles. The van der Waals surface area contributed by atoms with Gasteiger partial charge >= 0.3 is 0 Å². The molecule has 1 aliphatic rings. The number of hydrogen-bond donors (Lipinski definition) is 2. The number of anilines is 1. The molecule has 2 rings (SSSR count). The summed E-state index contributed by atoms with van der Waals surface area (Å²) in [6.07, 6.45) is 2.11. The van der Waals surface area contributed by atoms with Crippen LogP contribution in [0, 0.1) is 0 Å². The number of carbonyl (C=O) groups is 1. The molecule has 0 bridgehead atoms. The van der Waals surface area contributed by atoms with Gasteiger partial charge in [0.05, 0.1) is 15.7 Å². The topological polar surface area (TPSA) is 41.1 Å². The first-order valence-corrected chi connectivity index (χ1v) is 6.82. The number of hydrogen-bond acceptors (Lipinski definition) is 2. The average molecular weight is 308 g/mol. The average Bonchev–Trinajstić information content (AvgIpc) is 3.06. The Labute approximate surface area is 121 Å². The van der Waals surface area contributed by atoms with Crippen molar-refractivity contribution in [1.82, 2.24) is 5.32 Å². The molecule has 0 heterocycles. The van der Waals surface area contributed by atoms with E-state index in [-0.39, 0.29) is 5.91 Å². The lowest BCUT2D eigenvalue weighted by atomic mass is 10.2. The van der Waals surface area contributed by atoms with E-state index in [4.69, 9.17) is 34.8 Å². The zero-order valence-corrected chi connectivity index (χ0v) is 12.0. The standard InChI is InChI=1S/C12H13Cl3N2O/c1-6(12(18)17-8-2-3-8)16-11-9(14)4-7(13)5-10(11)15/h4-6,8,16H,2-3H2,1H3,(H,17,18). The maximum Gasteiger partial charge on any atom is 0.242 e.